The Morgan fingerprint density at radius 2 is 0.885 bits per heavy atom. The Kier molecular flexibility index (Phi) is 16.7. The lowest BCUT2D eigenvalue weighted by atomic mass is 9.89. The van der Waals surface area contributed by atoms with E-state index in [0.717, 1.165) is 19.3 Å². The molecule has 1 saturated carbocycles. The van der Waals surface area contributed by atoms with Gasteiger partial charge >= 0.3 is 0 Å². The van der Waals surface area contributed by atoms with Crippen LogP contribution in [0.25, 0.3) is 0 Å². The van der Waals surface area contributed by atoms with Crippen LogP contribution < -0.4 is 51.6 Å². The Bertz CT molecular complexity index is 260. The monoisotopic (exact) mass is 378 g/mol. The first-order valence-electron chi connectivity index (χ1n) is 9.41. The minimum Gasteiger partial charge on any atom is -0.330 e. The molecule has 0 aromatic rings. The summed E-state index contributed by atoms with van der Waals surface area (Å²) in [7, 11) is 0. The topological polar surface area (TPSA) is 237 Å². The van der Waals surface area contributed by atoms with Gasteiger partial charge in [-0.05, 0) is 65.6 Å². The van der Waals surface area contributed by atoms with Crippen molar-refractivity contribution < 1.29 is 0 Å². The molecule has 3 unspecified atom stereocenters. The summed E-state index contributed by atoms with van der Waals surface area (Å²) in [4.78, 5) is 1.83. The molecule has 1 rings (SSSR count). The second-order valence-corrected chi connectivity index (χ2v) is 7.23. The summed E-state index contributed by atoms with van der Waals surface area (Å²) in [6.07, 6.45) is 2.56. The summed E-state index contributed by atoms with van der Waals surface area (Å²) in [6.45, 7) is 7.42. The maximum absolute atomic E-state index is 5.66. The van der Waals surface area contributed by atoms with E-state index in [0.29, 0.717) is 25.6 Å². The van der Waals surface area contributed by atoms with E-state index in [1.165, 1.54) is 0 Å². The molecule has 0 amide bonds. The van der Waals surface area contributed by atoms with Crippen molar-refractivity contribution in [2.75, 3.05) is 19.6 Å². The molecule has 1 fully saturated rings. The van der Waals surface area contributed by atoms with Gasteiger partial charge in [-0.25, -0.2) is 0 Å². The van der Waals surface area contributed by atoms with Gasteiger partial charge < -0.3 is 51.6 Å². The first kappa shape index (κ1) is 27.8. The van der Waals surface area contributed by atoms with Crippen LogP contribution in [0.5, 0.6) is 0 Å². The van der Waals surface area contributed by atoms with Crippen molar-refractivity contribution in [3.63, 3.8) is 0 Å². The van der Waals surface area contributed by atoms with Gasteiger partial charge in [0.2, 0.25) is 0 Å². The van der Waals surface area contributed by atoms with Crippen LogP contribution in [-0.4, -0.2) is 61.2 Å². The molecule has 0 radical (unpaired) electrons. The zero-order chi connectivity index (χ0) is 20.9. The average molecular weight is 379 g/mol. The third-order valence-electron chi connectivity index (χ3n) is 4.23. The van der Waals surface area contributed by atoms with E-state index in [9.17, 15) is 0 Å². The van der Waals surface area contributed by atoms with E-state index in [1.54, 1.807) is 0 Å². The van der Waals surface area contributed by atoms with Crippen molar-refractivity contribution in [1.29, 1.82) is 0 Å². The fourth-order valence-electron chi connectivity index (χ4n) is 2.86. The van der Waals surface area contributed by atoms with Crippen molar-refractivity contribution in [2.24, 2.45) is 57.5 Å². The third-order valence-corrected chi connectivity index (χ3v) is 4.23. The Morgan fingerprint density at radius 1 is 0.654 bits per heavy atom. The predicted molar refractivity (Wildman–Crippen MR) is 111 cm³/mol. The maximum Gasteiger partial charge on any atom is 0.0571 e. The summed E-state index contributed by atoms with van der Waals surface area (Å²) in [5.41, 5.74) is 49.5. The maximum atomic E-state index is 5.66. The van der Waals surface area contributed by atoms with Gasteiger partial charge in [-0.2, -0.15) is 0 Å². The molecule has 0 saturated heterocycles. The van der Waals surface area contributed by atoms with Crippen LogP contribution in [0.15, 0.2) is 0 Å². The Hall–Kier alpha value is -0.400. The average Bonchev–Trinajstić information content (AvgIpc) is 2.47. The largest absolute Gasteiger partial charge is 0.330 e. The molecule has 0 aliphatic heterocycles. The zero-order valence-corrected chi connectivity index (χ0v) is 16.9. The van der Waals surface area contributed by atoms with Gasteiger partial charge in [-0.3, -0.25) is 4.90 Å². The van der Waals surface area contributed by atoms with Crippen molar-refractivity contribution in [3.8, 4) is 0 Å². The summed E-state index contributed by atoms with van der Waals surface area (Å²) in [6, 6.07) is 0.719. The first-order chi connectivity index (χ1) is 12.0. The molecular formula is C16H46N10. The van der Waals surface area contributed by atoms with Gasteiger partial charge in [-0.15, -0.1) is 0 Å². The molecule has 3 atom stereocenters. The number of hydrogen-bond acceptors (Lipinski definition) is 10. The fourth-order valence-corrected chi connectivity index (χ4v) is 2.86. The van der Waals surface area contributed by atoms with Crippen LogP contribution in [0.3, 0.4) is 0 Å². The summed E-state index contributed by atoms with van der Waals surface area (Å²) in [5, 5.41) is 0. The summed E-state index contributed by atoms with van der Waals surface area (Å²) in [5.74, 6) is 0.319. The molecule has 0 aromatic heterocycles. The number of nitrogens with zero attached hydrogens (tertiary/aromatic N) is 1. The van der Waals surface area contributed by atoms with Gasteiger partial charge in [-0.1, -0.05) is 0 Å². The standard InChI is InChI=1S/C6H18N4.C6H15N3.C4H13N3/c1-4(7)10(5(2)8)6(3)9;7-4-1-5(8)3-6(9)2-4;5-1-4(2-6)3-7/h4-6H,7-9H2,1-3H3;4-6H,1-3,7-9H2;4H,1-3,5-7H2. The van der Waals surface area contributed by atoms with Crippen LogP contribution in [-0.2, 0) is 0 Å². The molecule has 10 nitrogen and oxygen atoms in total. The summed E-state index contributed by atoms with van der Waals surface area (Å²) >= 11 is 0. The molecule has 10 heteroatoms. The highest BCUT2D eigenvalue weighted by molar-refractivity contribution is 4.84. The molecule has 1 aliphatic rings. The summed E-state index contributed by atoms with van der Waals surface area (Å²) < 4.78 is 0. The first-order valence-corrected chi connectivity index (χ1v) is 9.41. The minimum atomic E-state index is -0.0833. The van der Waals surface area contributed by atoms with E-state index < -0.39 is 0 Å². The molecular weight excluding hydrogens is 332 g/mol. The van der Waals surface area contributed by atoms with E-state index in [4.69, 9.17) is 51.6 Å². The van der Waals surface area contributed by atoms with Crippen LogP contribution >= 0.6 is 0 Å². The highest BCUT2D eigenvalue weighted by Crippen LogP contribution is 2.13. The van der Waals surface area contributed by atoms with Crippen molar-refractivity contribution in [3.05, 3.63) is 0 Å². The minimum absolute atomic E-state index is 0.0833. The molecule has 26 heavy (non-hydrogen) atoms. The van der Waals surface area contributed by atoms with E-state index in [-0.39, 0.29) is 36.6 Å². The molecule has 18 N–H and O–H groups in total. The second kappa shape index (κ2) is 15.6. The van der Waals surface area contributed by atoms with Gasteiger partial charge in [0.25, 0.3) is 0 Å². The lowest BCUT2D eigenvalue weighted by molar-refractivity contribution is 0.113. The van der Waals surface area contributed by atoms with Crippen LogP contribution in [0.1, 0.15) is 40.0 Å². The van der Waals surface area contributed by atoms with Crippen molar-refractivity contribution in [2.45, 2.75) is 76.7 Å². The van der Waals surface area contributed by atoms with Crippen LogP contribution in [0.2, 0.25) is 0 Å². The number of rotatable bonds is 6. The highest BCUT2D eigenvalue weighted by atomic mass is 15.3. The Morgan fingerprint density at radius 3 is 0.962 bits per heavy atom. The Labute approximate surface area is 159 Å². The molecule has 1 aliphatic carbocycles. The van der Waals surface area contributed by atoms with Gasteiger partial charge in [0.1, 0.15) is 0 Å². The van der Waals surface area contributed by atoms with Crippen molar-refractivity contribution >= 4 is 0 Å². The van der Waals surface area contributed by atoms with E-state index in [2.05, 4.69) is 0 Å². The number of hydrogen-bond donors (Lipinski definition) is 9. The molecule has 0 bridgehead atoms. The SMILES string of the molecule is CC(N)N(C(C)N)C(C)N.NC1CC(N)CC(N)C1.NCC(CN)CN. The van der Waals surface area contributed by atoms with E-state index >= 15 is 0 Å². The lowest BCUT2D eigenvalue weighted by Crippen LogP contribution is -2.56. The fraction of sp³-hybridized carbons (Fsp3) is 1.00. The molecule has 160 valence electrons. The van der Waals surface area contributed by atoms with Gasteiger partial charge in [0, 0.05) is 18.1 Å². The Balaban J connectivity index is 0. The molecule has 0 heterocycles. The second-order valence-electron chi connectivity index (χ2n) is 7.23. The highest BCUT2D eigenvalue weighted by Gasteiger charge is 2.21. The predicted octanol–water partition coefficient (Wildman–Crippen LogP) is -3.17. The number of nitrogens with two attached hydrogens (primary N) is 9. The van der Waals surface area contributed by atoms with E-state index in [1.807, 2.05) is 25.7 Å². The van der Waals surface area contributed by atoms with Gasteiger partial charge in [0.05, 0.1) is 18.5 Å². The molecule has 0 spiro atoms. The third kappa shape index (κ3) is 13.8. The quantitative estimate of drug-likeness (QED) is 0.210. The van der Waals surface area contributed by atoms with Crippen LogP contribution in [0.4, 0.5) is 0 Å². The lowest BCUT2D eigenvalue weighted by Gasteiger charge is -2.33. The normalized spacial score (nSPS) is 26.3. The zero-order valence-electron chi connectivity index (χ0n) is 16.9. The van der Waals surface area contributed by atoms with Gasteiger partial charge in [0.15, 0.2) is 0 Å². The van der Waals surface area contributed by atoms with Crippen LogP contribution in [0, 0.1) is 5.92 Å². The smallest absolute Gasteiger partial charge is 0.0571 e. The van der Waals surface area contributed by atoms with Crippen molar-refractivity contribution in [1.82, 2.24) is 4.90 Å². The molecule has 0 aromatic carbocycles.